The average Bonchev–Trinajstić information content (AvgIpc) is 2.85. The molecule has 0 unspecified atom stereocenters. The van der Waals surface area contributed by atoms with Crippen molar-refractivity contribution in [3.05, 3.63) is 23.4 Å². The summed E-state index contributed by atoms with van der Waals surface area (Å²) in [7, 11) is 2.02. The molecule has 2 saturated heterocycles. The lowest BCUT2D eigenvalue weighted by Gasteiger charge is -2.35. The van der Waals surface area contributed by atoms with E-state index in [1.165, 1.54) is 9.80 Å². The quantitative estimate of drug-likeness (QED) is 0.450. The summed E-state index contributed by atoms with van der Waals surface area (Å²) < 4.78 is 0. The number of likely N-dealkylation sites (N-methyl/N-ethyl adjacent to an activating group) is 2. The smallest absolute Gasteiger partial charge is 0.265 e. The zero-order valence-electron chi connectivity index (χ0n) is 12.8. The maximum atomic E-state index is 12.4. The molecule has 0 radical (unpaired) electrons. The van der Waals surface area contributed by atoms with Crippen LogP contribution in [0.1, 0.15) is 26.7 Å². The van der Waals surface area contributed by atoms with Gasteiger partial charge in [-0.3, -0.25) is 19.4 Å². The Labute approximate surface area is 130 Å². The van der Waals surface area contributed by atoms with Crippen molar-refractivity contribution in [3.8, 4) is 0 Å². The summed E-state index contributed by atoms with van der Waals surface area (Å²) in [6.45, 7) is 5.66. The van der Waals surface area contributed by atoms with Gasteiger partial charge >= 0.3 is 0 Å². The van der Waals surface area contributed by atoms with Crippen molar-refractivity contribution >= 4 is 29.1 Å². The van der Waals surface area contributed by atoms with Crippen LogP contribution in [0.5, 0.6) is 0 Å². The van der Waals surface area contributed by atoms with Gasteiger partial charge in [-0.25, -0.2) is 0 Å². The molecule has 5 nitrogen and oxygen atoms in total. The summed E-state index contributed by atoms with van der Waals surface area (Å²) in [5, 5.41) is 0.304. The molecular formula is C15H21N3O2S. The van der Waals surface area contributed by atoms with E-state index in [0.29, 0.717) is 18.2 Å². The molecule has 0 spiro atoms. The summed E-state index contributed by atoms with van der Waals surface area (Å²) in [4.78, 5) is 29.9. The Bertz CT molecular complexity index is 511. The van der Waals surface area contributed by atoms with Crippen molar-refractivity contribution in [1.82, 2.24) is 14.7 Å². The molecule has 0 aromatic carbocycles. The third-order valence-electron chi connectivity index (χ3n) is 3.90. The fourth-order valence-corrected chi connectivity index (χ4v) is 3.05. The Hall–Kier alpha value is -1.69. The summed E-state index contributed by atoms with van der Waals surface area (Å²) in [5.41, 5.74) is 1.35. The lowest BCUT2D eigenvalue weighted by molar-refractivity contribution is -0.133. The van der Waals surface area contributed by atoms with Crippen LogP contribution in [-0.4, -0.2) is 58.3 Å². The minimum absolute atomic E-state index is 0.195. The van der Waals surface area contributed by atoms with Crippen molar-refractivity contribution in [3.63, 3.8) is 0 Å². The Morgan fingerprint density at radius 3 is 2.10 bits per heavy atom. The van der Waals surface area contributed by atoms with Gasteiger partial charge in [-0.2, -0.15) is 0 Å². The van der Waals surface area contributed by atoms with Gasteiger partial charge in [-0.05, 0) is 51.1 Å². The first-order valence-electron chi connectivity index (χ1n) is 7.30. The number of rotatable bonds is 3. The van der Waals surface area contributed by atoms with E-state index in [2.05, 4.69) is 4.90 Å². The highest BCUT2D eigenvalue weighted by atomic mass is 32.1. The molecular weight excluding hydrogens is 286 g/mol. The van der Waals surface area contributed by atoms with E-state index in [0.717, 1.165) is 25.1 Å². The maximum Gasteiger partial charge on any atom is 0.265 e. The molecule has 2 rings (SSSR count). The predicted octanol–water partition coefficient (Wildman–Crippen LogP) is 1.52. The second-order valence-electron chi connectivity index (χ2n) is 5.14. The van der Waals surface area contributed by atoms with Crippen LogP contribution in [-0.2, 0) is 9.59 Å². The van der Waals surface area contributed by atoms with Crippen molar-refractivity contribution in [1.29, 1.82) is 0 Å². The number of thiocarbonyl (C=S) groups is 1. The van der Waals surface area contributed by atoms with Crippen molar-refractivity contribution in [2.75, 3.05) is 26.7 Å². The number of likely N-dealkylation sites (tertiary alicyclic amines) is 1. The SMILES string of the molecule is CCN1C(=O)C(=C/C=C2\CCCN2C)C(=O)N(CC)C1=S. The topological polar surface area (TPSA) is 43.9 Å². The normalized spacial score (nSPS) is 21.9. The number of hydrogen-bond acceptors (Lipinski definition) is 4. The summed E-state index contributed by atoms with van der Waals surface area (Å²) >= 11 is 5.22. The number of nitrogens with zero attached hydrogens (tertiary/aromatic N) is 3. The lowest BCUT2D eigenvalue weighted by atomic mass is 10.1. The highest BCUT2D eigenvalue weighted by molar-refractivity contribution is 7.80. The maximum absolute atomic E-state index is 12.4. The molecule has 2 heterocycles. The van der Waals surface area contributed by atoms with E-state index in [1.54, 1.807) is 6.08 Å². The second-order valence-corrected chi connectivity index (χ2v) is 5.51. The first-order chi connectivity index (χ1) is 10.0. The summed E-state index contributed by atoms with van der Waals surface area (Å²) in [5.74, 6) is -0.593. The van der Waals surface area contributed by atoms with Gasteiger partial charge in [-0.15, -0.1) is 0 Å². The Morgan fingerprint density at radius 1 is 1.10 bits per heavy atom. The molecule has 2 amide bonds. The molecule has 0 bridgehead atoms. The standard InChI is InChI=1S/C15H21N3O2S/c1-4-17-13(19)12(14(20)18(5-2)15(17)21)9-8-11-7-6-10-16(11)3/h8-9H,4-7,10H2,1-3H3/b11-8+. The first kappa shape index (κ1) is 15.7. The van der Waals surface area contributed by atoms with Crippen LogP contribution in [0.2, 0.25) is 0 Å². The number of carbonyl (C=O) groups excluding carboxylic acids is 2. The van der Waals surface area contributed by atoms with Gasteiger partial charge in [-0.1, -0.05) is 0 Å². The van der Waals surface area contributed by atoms with Gasteiger partial charge in [0.05, 0.1) is 0 Å². The Balaban J connectivity index is 2.34. The highest BCUT2D eigenvalue weighted by Gasteiger charge is 2.37. The molecule has 0 aromatic heterocycles. The third kappa shape index (κ3) is 2.85. The van der Waals surface area contributed by atoms with Gasteiger partial charge in [0.1, 0.15) is 5.57 Å². The van der Waals surface area contributed by atoms with Gasteiger partial charge in [0.2, 0.25) is 0 Å². The van der Waals surface area contributed by atoms with E-state index >= 15 is 0 Å². The van der Waals surface area contributed by atoms with Crippen LogP contribution in [0.3, 0.4) is 0 Å². The molecule has 2 fully saturated rings. The van der Waals surface area contributed by atoms with Crippen LogP contribution in [0.4, 0.5) is 0 Å². The van der Waals surface area contributed by atoms with E-state index in [9.17, 15) is 9.59 Å². The van der Waals surface area contributed by atoms with Crippen molar-refractivity contribution < 1.29 is 9.59 Å². The number of hydrogen-bond donors (Lipinski definition) is 0. The van der Waals surface area contributed by atoms with Crippen molar-refractivity contribution in [2.24, 2.45) is 0 Å². The largest absolute Gasteiger partial charge is 0.378 e. The average molecular weight is 307 g/mol. The number of allylic oxidation sites excluding steroid dienone is 3. The molecule has 0 N–H and O–H groups in total. The highest BCUT2D eigenvalue weighted by Crippen LogP contribution is 2.21. The fourth-order valence-electron chi connectivity index (χ4n) is 2.62. The van der Waals surface area contributed by atoms with Crippen LogP contribution in [0.25, 0.3) is 0 Å². The van der Waals surface area contributed by atoms with Gasteiger partial charge in [0, 0.05) is 32.4 Å². The molecule has 2 aliphatic heterocycles. The van der Waals surface area contributed by atoms with Crippen molar-refractivity contribution in [2.45, 2.75) is 26.7 Å². The van der Waals surface area contributed by atoms with E-state index in [1.807, 2.05) is 27.0 Å². The first-order valence-corrected chi connectivity index (χ1v) is 7.71. The zero-order valence-corrected chi connectivity index (χ0v) is 13.6. The Morgan fingerprint density at radius 2 is 1.67 bits per heavy atom. The molecule has 6 heteroatoms. The minimum Gasteiger partial charge on any atom is -0.378 e. The number of carbonyl (C=O) groups is 2. The third-order valence-corrected chi connectivity index (χ3v) is 4.35. The molecule has 0 atom stereocenters. The fraction of sp³-hybridized carbons (Fsp3) is 0.533. The molecule has 0 saturated carbocycles. The monoisotopic (exact) mass is 307 g/mol. The molecule has 0 aromatic rings. The molecule has 2 aliphatic rings. The van der Waals surface area contributed by atoms with Crippen LogP contribution < -0.4 is 0 Å². The van der Waals surface area contributed by atoms with Gasteiger partial charge in [0.15, 0.2) is 5.11 Å². The van der Waals surface area contributed by atoms with E-state index in [4.69, 9.17) is 12.2 Å². The minimum atomic E-state index is -0.297. The van der Waals surface area contributed by atoms with E-state index < -0.39 is 0 Å². The second kappa shape index (κ2) is 6.39. The van der Waals surface area contributed by atoms with Crippen LogP contribution >= 0.6 is 12.2 Å². The zero-order chi connectivity index (χ0) is 15.6. The van der Waals surface area contributed by atoms with Gasteiger partial charge < -0.3 is 4.90 Å². The molecule has 114 valence electrons. The Kier molecular flexibility index (Phi) is 4.77. The molecule has 0 aliphatic carbocycles. The summed E-state index contributed by atoms with van der Waals surface area (Å²) in [6, 6.07) is 0. The predicted molar refractivity (Wildman–Crippen MR) is 85.4 cm³/mol. The van der Waals surface area contributed by atoms with E-state index in [-0.39, 0.29) is 17.4 Å². The van der Waals surface area contributed by atoms with Crippen LogP contribution in [0.15, 0.2) is 23.4 Å². The lowest BCUT2D eigenvalue weighted by Crippen LogP contribution is -2.55. The van der Waals surface area contributed by atoms with Crippen LogP contribution in [0, 0.1) is 0 Å². The number of amides is 2. The molecule has 21 heavy (non-hydrogen) atoms. The van der Waals surface area contributed by atoms with Gasteiger partial charge in [0.25, 0.3) is 11.8 Å². The summed E-state index contributed by atoms with van der Waals surface area (Å²) in [6.07, 6.45) is 5.62.